The Morgan fingerprint density at radius 3 is 2.89 bits per heavy atom. The number of anilines is 1. The van der Waals surface area contributed by atoms with Gasteiger partial charge in [-0.25, -0.2) is 0 Å². The number of nitrogens with zero attached hydrogens (tertiary/aromatic N) is 1. The van der Waals surface area contributed by atoms with Crippen molar-refractivity contribution in [3.63, 3.8) is 0 Å². The summed E-state index contributed by atoms with van der Waals surface area (Å²) in [5.74, 6) is -0.115. The molecule has 0 unspecified atom stereocenters. The smallest absolute Gasteiger partial charge is 0.257 e. The second-order valence-corrected chi connectivity index (χ2v) is 4.91. The summed E-state index contributed by atoms with van der Waals surface area (Å²) in [5.41, 5.74) is 7.87. The average molecular weight is 281 g/mol. The lowest BCUT2D eigenvalue weighted by Crippen LogP contribution is -2.35. The molecule has 0 radical (unpaired) electrons. The molecule has 2 N–H and O–H groups in total. The number of hydrogen-bond acceptors (Lipinski definition) is 3. The topological polar surface area (TPSA) is 55.6 Å². The molecule has 1 amide bonds. The highest BCUT2D eigenvalue weighted by Crippen LogP contribution is 2.25. The molecule has 0 saturated carbocycles. The zero-order valence-corrected chi connectivity index (χ0v) is 11.6. The Morgan fingerprint density at radius 1 is 1.53 bits per heavy atom. The van der Waals surface area contributed by atoms with Crippen molar-refractivity contribution in [2.75, 3.05) is 32.5 Å². The van der Waals surface area contributed by atoms with Gasteiger partial charge >= 0.3 is 0 Å². The maximum Gasteiger partial charge on any atom is 0.257 e. The molecule has 0 aliphatic carbocycles. The summed E-state index contributed by atoms with van der Waals surface area (Å²) in [6.07, 6.45) is 2.85. The van der Waals surface area contributed by atoms with Crippen LogP contribution in [0.1, 0.15) is 16.8 Å². The van der Waals surface area contributed by atoms with E-state index >= 15 is 0 Å². The highest BCUT2D eigenvalue weighted by molar-refractivity contribution is 6.34. The van der Waals surface area contributed by atoms with Crippen LogP contribution in [0, 0.1) is 0 Å². The van der Waals surface area contributed by atoms with Crippen molar-refractivity contribution in [2.45, 2.75) is 6.42 Å². The van der Waals surface area contributed by atoms with Gasteiger partial charge in [-0.3, -0.25) is 4.79 Å². The van der Waals surface area contributed by atoms with E-state index in [1.165, 1.54) is 5.57 Å². The quantitative estimate of drug-likeness (QED) is 0.683. The molecule has 2 rings (SSSR count). The lowest BCUT2D eigenvalue weighted by Gasteiger charge is -2.27. The second-order valence-electron chi connectivity index (χ2n) is 4.50. The zero-order chi connectivity index (χ0) is 13.8. The second kappa shape index (κ2) is 6.08. The molecular weight excluding hydrogens is 264 g/mol. The number of rotatable bonds is 3. The van der Waals surface area contributed by atoms with E-state index in [-0.39, 0.29) is 5.91 Å². The number of benzene rings is 1. The number of amides is 1. The van der Waals surface area contributed by atoms with Gasteiger partial charge in [-0.2, -0.15) is 0 Å². The summed E-state index contributed by atoms with van der Waals surface area (Å²) in [5, 5.41) is 0.400. The lowest BCUT2D eigenvalue weighted by atomic mass is 10.1. The number of methoxy groups -OCH3 is 1. The molecule has 102 valence electrons. The molecule has 19 heavy (non-hydrogen) atoms. The van der Waals surface area contributed by atoms with E-state index in [0.717, 1.165) is 6.42 Å². The van der Waals surface area contributed by atoms with Crippen LogP contribution in [-0.2, 0) is 4.74 Å². The van der Waals surface area contributed by atoms with E-state index < -0.39 is 0 Å². The first kappa shape index (κ1) is 13.9. The van der Waals surface area contributed by atoms with Crippen molar-refractivity contribution in [2.24, 2.45) is 0 Å². The van der Waals surface area contributed by atoms with Crippen LogP contribution in [-0.4, -0.2) is 37.6 Å². The summed E-state index contributed by atoms with van der Waals surface area (Å²) in [6.45, 7) is 1.86. The molecule has 0 bridgehead atoms. The Balaban J connectivity index is 2.14. The minimum absolute atomic E-state index is 0.115. The Kier molecular flexibility index (Phi) is 4.45. The minimum Gasteiger partial charge on any atom is -0.398 e. The third-order valence-electron chi connectivity index (χ3n) is 3.18. The number of carbonyl (C=O) groups excluding carboxylic acids is 1. The summed E-state index contributed by atoms with van der Waals surface area (Å²) >= 11 is 6.06. The Morgan fingerprint density at radius 2 is 2.32 bits per heavy atom. The maximum atomic E-state index is 12.4. The fraction of sp³-hybridized carbons (Fsp3) is 0.357. The molecule has 1 aromatic carbocycles. The first-order valence-corrected chi connectivity index (χ1v) is 6.51. The molecule has 0 spiro atoms. The van der Waals surface area contributed by atoms with E-state index in [1.807, 2.05) is 6.08 Å². The SMILES string of the molecule is COCC1=CCN(C(=O)c2c(N)cccc2Cl)CC1. The number of hydrogen-bond donors (Lipinski definition) is 1. The van der Waals surface area contributed by atoms with Gasteiger partial charge in [0.1, 0.15) is 0 Å². The monoisotopic (exact) mass is 280 g/mol. The van der Waals surface area contributed by atoms with Gasteiger partial charge in [0, 0.05) is 25.9 Å². The highest BCUT2D eigenvalue weighted by atomic mass is 35.5. The summed E-state index contributed by atoms with van der Waals surface area (Å²) in [6, 6.07) is 5.11. The molecule has 1 aliphatic rings. The van der Waals surface area contributed by atoms with Crippen LogP contribution in [0.3, 0.4) is 0 Å². The molecule has 0 atom stereocenters. The van der Waals surface area contributed by atoms with Gasteiger partial charge in [0.05, 0.1) is 17.2 Å². The normalized spacial score (nSPS) is 15.3. The fourth-order valence-electron chi connectivity index (χ4n) is 2.14. The highest BCUT2D eigenvalue weighted by Gasteiger charge is 2.22. The number of halogens is 1. The molecule has 0 fully saturated rings. The Labute approximate surface area is 117 Å². The predicted molar refractivity (Wildman–Crippen MR) is 76.3 cm³/mol. The third kappa shape index (κ3) is 3.08. The number of nitrogen functional groups attached to an aromatic ring is 1. The molecule has 1 heterocycles. The van der Waals surface area contributed by atoms with Crippen molar-refractivity contribution < 1.29 is 9.53 Å². The maximum absolute atomic E-state index is 12.4. The third-order valence-corrected chi connectivity index (χ3v) is 3.49. The molecular formula is C14H17ClN2O2. The van der Waals surface area contributed by atoms with Crippen LogP contribution >= 0.6 is 11.6 Å². The van der Waals surface area contributed by atoms with E-state index in [9.17, 15) is 4.79 Å². The molecule has 1 aliphatic heterocycles. The van der Waals surface area contributed by atoms with Crippen LogP contribution in [0.25, 0.3) is 0 Å². The standard InChI is InChI=1S/C14H17ClN2O2/c1-19-9-10-5-7-17(8-6-10)14(18)13-11(15)3-2-4-12(13)16/h2-5H,6-9,16H2,1H3. The lowest BCUT2D eigenvalue weighted by molar-refractivity contribution is 0.0766. The Hall–Kier alpha value is -1.52. The number of carbonyl (C=O) groups is 1. The fourth-order valence-corrected chi connectivity index (χ4v) is 2.40. The van der Waals surface area contributed by atoms with E-state index in [2.05, 4.69) is 0 Å². The van der Waals surface area contributed by atoms with Crippen LogP contribution in [0.5, 0.6) is 0 Å². The largest absolute Gasteiger partial charge is 0.398 e. The summed E-state index contributed by atoms with van der Waals surface area (Å²) < 4.78 is 5.09. The van der Waals surface area contributed by atoms with E-state index in [4.69, 9.17) is 22.1 Å². The molecule has 0 aromatic heterocycles. The summed E-state index contributed by atoms with van der Waals surface area (Å²) in [7, 11) is 1.67. The van der Waals surface area contributed by atoms with E-state index in [0.29, 0.717) is 36.0 Å². The van der Waals surface area contributed by atoms with Gasteiger partial charge < -0.3 is 15.4 Å². The number of nitrogens with two attached hydrogens (primary N) is 1. The minimum atomic E-state index is -0.115. The van der Waals surface area contributed by atoms with Gasteiger partial charge in [-0.05, 0) is 24.1 Å². The predicted octanol–water partition coefficient (Wildman–Crippen LogP) is 2.34. The first-order chi connectivity index (χ1) is 9.13. The van der Waals surface area contributed by atoms with Crippen molar-refractivity contribution in [3.8, 4) is 0 Å². The molecule has 4 nitrogen and oxygen atoms in total. The van der Waals surface area contributed by atoms with Crippen molar-refractivity contribution in [3.05, 3.63) is 40.4 Å². The summed E-state index contributed by atoms with van der Waals surface area (Å²) in [4.78, 5) is 14.2. The zero-order valence-electron chi connectivity index (χ0n) is 10.9. The molecule has 5 heteroatoms. The van der Waals surface area contributed by atoms with Crippen molar-refractivity contribution in [1.82, 2.24) is 4.90 Å². The van der Waals surface area contributed by atoms with Gasteiger partial charge in [-0.15, -0.1) is 0 Å². The van der Waals surface area contributed by atoms with Crippen LogP contribution in [0.4, 0.5) is 5.69 Å². The van der Waals surface area contributed by atoms with Crippen molar-refractivity contribution in [1.29, 1.82) is 0 Å². The van der Waals surface area contributed by atoms with Gasteiger partial charge in [0.2, 0.25) is 0 Å². The van der Waals surface area contributed by atoms with Crippen molar-refractivity contribution >= 4 is 23.2 Å². The van der Waals surface area contributed by atoms with Gasteiger partial charge in [0.15, 0.2) is 0 Å². The van der Waals surface area contributed by atoms with Crippen LogP contribution in [0.15, 0.2) is 29.8 Å². The van der Waals surface area contributed by atoms with Crippen LogP contribution < -0.4 is 5.73 Å². The molecule has 0 saturated heterocycles. The molecule has 1 aromatic rings. The van der Waals surface area contributed by atoms with Gasteiger partial charge in [-0.1, -0.05) is 23.7 Å². The van der Waals surface area contributed by atoms with Crippen LogP contribution in [0.2, 0.25) is 5.02 Å². The average Bonchev–Trinajstić information content (AvgIpc) is 2.39. The Bertz CT molecular complexity index is 494. The first-order valence-electron chi connectivity index (χ1n) is 6.13. The van der Waals surface area contributed by atoms with E-state index in [1.54, 1.807) is 30.2 Å². The van der Waals surface area contributed by atoms with Gasteiger partial charge in [0.25, 0.3) is 5.91 Å². The number of ether oxygens (including phenoxy) is 1.